The second kappa shape index (κ2) is 5.38. The Kier molecular flexibility index (Phi) is 3.74. The highest BCUT2D eigenvalue weighted by Crippen LogP contribution is 2.41. The Labute approximate surface area is 122 Å². The fourth-order valence-electron chi connectivity index (χ4n) is 3.41. The van der Waals surface area contributed by atoms with Gasteiger partial charge in [-0.25, -0.2) is 0 Å². The van der Waals surface area contributed by atoms with Gasteiger partial charge in [-0.3, -0.25) is 0 Å². The Hall–Kier alpha value is -1.06. The molecule has 3 rings (SSSR count). The van der Waals surface area contributed by atoms with Crippen LogP contribution in [0.5, 0.6) is 0 Å². The van der Waals surface area contributed by atoms with Crippen molar-refractivity contribution in [1.82, 2.24) is 5.32 Å². The summed E-state index contributed by atoms with van der Waals surface area (Å²) in [5.74, 6) is 0. The van der Waals surface area contributed by atoms with Gasteiger partial charge in [0.2, 0.25) is 0 Å². The van der Waals surface area contributed by atoms with Gasteiger partial charge in [0.25, 0.3) is 0 Å². The summed E-state index contributed by atoms with van der Waals surface area (Å²) in [5, 5.41) is 13.6. The van der Waals surface area contributed by atoms with Crippen molar-refractivity contribution in [3.63, 3.8) is 0 Å². The maximum Gasteiger partial charge on any atom is 0.0621 e. The fraction of sp³-hybridized carbons (Fsp3) is 0.647. The Morgan fingerprint density at radius 3 is 2.35 bits per heavy atom. The van der Waals surface area contributed by atoms with Gasteiger partial charge in [0.1, 0.15) is 0 Å². The molecule has 1 aromatic rings. The van der Waals surface area contributed by atoms with E-state index in [9.17, 15) is 5.11 Å². The first-order chi connectivity index (χ1) is 9.57. The number of hydrogen-bond donors (Lipinski definition) is 2. The lowest BCUT2D eigenvalue weighted by atomic mass is 9.64. The zero-order chi connectivity index (χ0) is 14.2. The largest absolute Gasteiger partial charge is 0.392 e. The third-order valence-corrected chi connectivity index (χ3v) is 5.27. The highest BCUT2D eigenvalue weighted by atomic mass is 16.3. The number of aliphatic hydroxyl groups is 1. The molecular weight excluding hydrogens is 248 g/mol. The number of anilines is 1. The Morgan fingerprint density at radius 1 is 1.15 bits per heavy atom. The van der Waals surface area contributed by atoms with E-state index in [0.717, 1.165) is 19.5 Å². The number of piperidine rings is 1. The van der Waals surface area contributed by atoms with Gasteiger partial charge < -0.3 is 15.3 Å². The molecule has 2 atom stereocenters. The van der Waals surface area contributed by atoms with E-state index in [1.165, 1.54) is 18.5 Å². The van der Waals surface area contributed by atoms with Crippen LogP contribution in [0.4, 0.5) is 5.69 Å². The predicted molar refractivity (Wildman–Crippen MR) is 83.0 cm³/mol. The molecule has 1 aliphatic carbocycles. The summed E-state index contributed by atoms with van der Waals surface area (Å²) in [5.41, 5.74) is 1.38. The topological polar surface area (TPSA) is 35.5 Å². The van der Waals surface area contributed by atoms with E-state index in [4.69, 9.17) is 0 Å². The third-order valence-electron chi connectivity index (χ3n) is 5.27. The average molecular weight is 274 g/mol. The van der Waals surface area contributed by atoms with Crippen molar-refractivity contribution in [3.05, 3.63) is 30.3 Å². The number of nitrogens with one attached hydrogen (secondary N) is 1. The minimum absolute atomic E-state index is 0.0383. The smallest absolute Gasteiger partial charge is 0.0621 e. The molecule has 2 fully saturated rings. The molecule has 1 aromatic carbocycles. The van der Waals surface area contributed by atoms with E-state index < -0.39 is 0 Å². The molecule has 0 radical (unpaired) electrons. The van der Waals surface area contributed by atoms with Crippen molar-refractivity contribution in [2.24, 2.45) is 5.41 Å². The zero-order valence-corrected chi connectivity index (χ0v) is 12.5. The van der Waals surface area contributed by atoms with Gasteiger partial charge in [-0.15, -0.1) is 0 Å². The summed E-state index contributed by atoms with van der Waals surface area (Å²) < 4.78 is 0. The first kappa shape index (κ1) is 13.9. The van der Waals surface area contributed by atoms with Crippen LogP contribution < -0.4 is 10.2 Å². The molecule has 1 saturated carbocycles. The summed E-state index contributed by atoms with van der Waals surface area (Å²) in [6.07, 6.45) is 3.16. The van der Waals surface area contributed by atoms with Crippen LogP contribution in [-0.4, -0.2) is 36.4 Å². The molecule has 1 aliphatic heterocycles. The minimum Gasteiger partial charge on any atom is -0.392 e. The molecule has 110 valence electrons. The SMILES string of the molecule is CC1(C)C(O)CC1NC1CCN(c2ccccc2)CC1. The lowest BCUT2D eigenvalue weighted by molar-refractivity contribution is -0.0765. The average Bonchev–Trinajstić information content (AvgIpc) is 2.48. The van der Waals surface area contributed by atoms with Crippen LogP contribution >= 0.6 is 0 Å². The van der Waals surface area contributed by atoms with Crippen LogP contribution in [0.1, 0.15) is 33.1 Å². The molecule has 1 heterocycles. The van der Waals surface area contributed by atoms with E-state index in [-0.39, 0.29) is 11.5 Å². The van der Waals surface area contributed by atoms with Crippen LogP contribution in [0.3, 0.4) is 0 Å². The molecule has 0 spiro atoms. The van der Waals surface area contributed by atoms with Gasteiger partial charge in [0, 0.05) is 36.3 Å². The predicted octanol–water partition coefficient (Wildman–Crippen LogP) is 2.40. The molecule has 2 aliphatic rings. The van der Waals surface area contributed by atoms with Crippen LogP contribution in [0.15, 0.2) is 30.3 Å². The molecule has 2 unspecified atom stereocenters. The van der Waals surface area contributed by atoms with Crippen LogP contribution in [-0.2, 0) is 0 Å². The maximum atomic E-state index is 9.82. The maximum absolute atomic E-state index is 9.82. The summed E-state index contributed by atoms with van der Waals surface area (Å²) in [7, 11) is 0. The molecule has 1 saturated heterocycles. The minimum atomic E-state index is -0.135. The normalized spacial score (nSPS) is 30.1. The number of para-hydroxylation sites is 1. The fourth-order valence-corrected chi connectivity index (χ4v) is 3.41. The Bertz CT molecular complexity index is 438. The van der Waals surface area contributed by atoms with E-state index in [0.29, 0.717) is 12.1 Å². The van der Waals surface area contributed by atoms with Crippen molar-refractivity contribution < 1.29 is 5.11 Å². The van der Waals surface area contributed by atoms with Gasteiger partial charge in [-0.1, -0.05) is 32.0 Å². The summed E-state index contributed by atoms with van der Waals surface area (Å²) in [4.78, 5) is 2.47. The number of rotatable bonds is 3. The van der Waals surface area contributed by atoms with Crippen LogP contribution in [0.2, 0.25) is 0 Å². The van der Waals surface area contributed by atoms with Crippen molar-refractivity contribution in [1.29, 1.82) is 0 Å². The number of nitrogens with zero attached hydrogens (tertiary/aromatic N) is 1. The standard InChI is InChI=1S/C17H26N2O/c1-17(2)15(12-16(17)20)18-13-8-10-19(11-9-13)14-6-4-3-5-7-14/h3-7,13,15-16,18,20H,8-12H2,1-2H3. The number of hydrogen-bond acceptors (Lipinski definition) is 3. The molecular formula is C17H26N2O. The van der Waals surface area contributed by atoms with Gasteiger partial charge in [0.05, 0.1) is 6.10 Å². The van der Waals surface area contributed by atoms with Gasteiger partial charge in [-0.05, 0) is 31.4 Å². The highest BCUT2D eigenvalue weighted by molar-refractivity contribution is 5.46. The summed E-state index contributed by atoms with van der Waals surface area (Å²) >= 11 is 0. The molecule has 0 aromatic heterocycles. The first-order valence-electron chi connectivity index (χ1n) is 7.81. The van der Waals surface area contributed by atoms with Gasteiger partial charge >= 0.3 is 0 Å². The second-order valence-electron chi connectivity index (χ2n) is 6.89. The van der Waals surface area contributed by atoms with Crippen molar-refractivity contribution in [2.75, 3.05) is 18.0 Å². The molecule has 2 N–H and O–H groups in total. The van der Waals surface area contributed by atoms with Crippen LogP contribution in [0, 0.1) is 5.41 Å². The Balaban J connectivity index is 1.50. The molecule has 20 heavy (non-hydrogen) atoms. The lowest BCUT2D eigenvalue weighted by Crippen LogP contribution is -2.62. The van der Waals surface area contributed by atoms with Crippen molar-refractivity contribution in [2.45, 2.75) is 51.3 Å². The molecule has 3 heteroatoms. The summed E-state index contributed by atoms with van der Waals surface area (Å²) in [6.45, 7) is 6.57. The van der Waals surface area contributed by atoms with E-state index >= 15 is 0 Å². The van der Waals surface area contributed by atoms with E-state index in [1.807, 2.05) is 0 Å². The first-order valence-corrected chi connectivity index (χ1v) is 7.81. The van der Waals surface area contributed by atoms with Crippen molar-refractivity contribution >= 4 is 5.69 Å². The molecule has 0 bridgehead atoms. The molecule has 3 nitrogen and oxygen atoms in total. The number of benzene rings is 1. The molecule has 0 amide bonds. The third kappa shape index (κ3) is 2.57. The number of aliphatic hydroxyl groups excluding tert-OH is 1. The monoisotopic (exact) mass is 274 g/mol. The van der Waals surface area contributed by atoms with Crippen molar-refractivity contribution in [3.8, 4) is 0 Å². The Morgan fingerprint density at radius 2 is 1.80 bits per heavy atom. The van der Waals surface area contributed by atoms with Crippen LogP contribution in [0.25, 0.3) is 0 Å². The zero-order valence-electron chi connectivity index (χ0n) is 12.5. The highest BCUT2D eigenvalue weighted by Gasteiger charge is 2.47. The van der Waals surface area contributed by atoms with Gasteiger partial charge in [0.15, 0.2) is 0 Å². The quantitative estimate of drug-likeness (QED) is 0.888. The second-order valence-corrected chi connectivity index (χ2v) is 6.89. The summed E-state index contributed by atoms with van der Waals surface area (Å²) in [6, 6.07) is 11.8. The lowest BCUT2D eigenvalue weighted by Gasteiger charge is -2.51. The van der Waals surface area contributed by atoms with Gasteiger partial charge in [-0.2, -0.15) is 0 Å². The van der Waals surface area contributed by atoms with E-state index in [2.05, 4.69) is 54.4 Å². The van der Waals surface area contributed by atoms with E-state index in [1.54, 1.807) is 0 Å².